The van der Waals surface area contributed by atoms with Gasteiger partial charge in [0.1, 0.15) is 5.60 Å². The number of nitrogens with zero attached hydrogens (tertiary/aromatic N) is 2. The van der Waals surface area contributed by atoms with E-state index in [0.29, 0.717) is 38.2 Å². The van der Waals surface area contributed by atoms with Gasteiger partial charge in [0, 0.05) is 51.4 Å². The molecule has 8 heteroatoms. The molecule has 1 saturated carbocycles. The van der Waals surface area contributed by atoms with Gasteiger partial charge in [0.2, 0.25) is 0 Å². The third-order valence-electron chi connectivity index (χ3n) is 4.70. The number of carbonyl (C=O) groups is 1. The molecule has 1 unspecified atom stereocenters. The van der Waals surface area contributed by atoms with Crippen LogP contribution in [-0.4, -0.2) is 81.2 Å². The number of amides is 1. The first-order valence-corrected chi connectivity index (χ1v) is 11.1. The summed E-state index contributed by atoms with van der Waals surface area (Å²) in [7, 11) is 0. The van der Waals surface area contributed by atoms with Crippen LogP contribution in [0.15, 0.2) is 4.99 Å². The maximum absolute atomic E-state index is 12.4. The third-order valence-corrected chi connectivity index (χ3v) is 4.70. The van der Waals surface area contributed by atoms with Gasteiger partial charge in [-0.3, -0.25) is 4.99 Å². The summed E-state index contributed by atoms with van der Waals surface area (Å²) in [6, 6.07) is 0.314. The van der Waals surface area contributed by atoms with Gasteiger partial charge in [0.25, 0.3) is 0 Å². The summed E-state index contributed by atoms with van der Waals surface area (Å²) in [5, 5.41) is 6.57. The van der Waals surface area contributed by atoms with Crippen molar-refractivity contribution in [2.45, 2.75) is 65.0 Å². The fourth-order valence-corrected chi connectivity index (χ4v) is 3.09. The summed E-state index contributed by atoms with van der Waals surface area (Å²) in [6.07, 6.45) is 3.87. The lowest BCUT2D eigenvalue weighted by atomic mass is 10.1. The minimum Gasteiger partial charge on any atom is -0.444 e. The van der Waals surface area contributed by atoms with Gasteiger partial charge in [0.05, 0.1) is 13.2 Å². The van der Waals surface area contributed by atoms with Crippen molar-refractivity contribution in [1.82, 2.24) is 15.5 Å². The van der Waals surface area contributed by atoms with Crippen LogP contribution in [0.3, 0.4) is 0 Å². The molecule has 2 aliphatic rings. The second-order valence-electron chi connectivity index (χ2n) is 8.75. The molecule has 1 aliphatic carbocycles. The van der Waals surface area contributed by atoms with Crippen LogP contribution in [0.4, 0.5) is 4.79 Å². The fraction of sp³-hybridized carbons (Fsp3) is 0.905. The highest BCUT2D eigenvalue weighted by molar-refractivity contribution is 5.79. The molecule has 1 saturated heterocycles. The predicted octanol–water partition coefficient (Wildman–Crippen LogP) is 2.38. The summed E-state index contributed by atoms with van der Waals surface area (Å²) in [4.78, 5) is 18.9. The molecule has 1 atom stereocenters. The van der Waals surface area contributed by atoms with E-state index in [4.69, 9.17) is 14.2 Å². The van der Waals surface area contributed by atoms with Crippen LogP contribution in [-0.2, 0) is 14.2 Å². The SMILES string of the molecule is CCNC(=NCCCOCC1CCOC1)NCCN(C(=O)OC(C)(C)C)C1CC1. The van der Waals surface area contributed by atoms with Crippen molar-refractivity contribution in [1.29, 1.82) is 0 Å². The second-order valence-corrected chi connectivity index (χ2v) is 8.75. The lowest BCUT2D eigenvalue weighted by Crippen LogP contribution is -2.45. The summed E-state index contributed by atoms with van der Waals surface area (Å²) < 4.78 is 16.6. The fourth-order valence-electron chi connectivity index (χ4n) is 3.09. The van der Waals surface area contributed by atoms with E-state index in [1.165, 1.54) is 0 Å². The summed E-state index contributed by atoms with van der Waals surface area (Å²) in [5.41, 5.74) is -0.471. The molecule has 1 amide bonds. The van der Waals surface area contributed by atoms with Crippen LogP contribution in [0.1, 0.15) is 53.4 Å². The van der Waals surface area contributed by atoms with Gasteiger partial charge in [0.15, 0.2) is 5.96 Å². The van der Waals surface area contributed by atoms with Crippen molar-refractivity contribution in [3.63, 3.8) is 0 Å². The summed E-state index contributed by atoms with van der Waals surface area (Å²) in [5.74, 6) is 1.33. The molecule has 29 heavy (non-hydrogen) atoms. The van der Waals surface area contributed by atoms with E-state index >= 15 is 0 Å². The number of hydrogen-bond acceptors (Lipinski definition) is 5. The quantitative estimate of drug-likeness (QED) is 0.308. The van der Waals surface area contributed by atoms with Crippen LogP contribution in [0.25, 0.3) is 0 Å². The molecule has 0 radical (unpaired) electrons. The van der Waals surface area contributed by atoms with Gasteiger partial charge in [-0.2, -0.15) is 0 Å². The molecule has 0 spiro atoms. The van der Waals surface area contributed by atoms with Crippen LogP contribution in [0.2, 0.25) is 0 Å². The smallest absolute Gasteiger partial charge is 0.410 e. The summed E-state index contributed by atoms with van der Waals surface area (Å²) in [6.45, 7) is 13.7. The monoisotopic (exact) mass is 412 g/mol. The van der Waals surface area contributed by atoms with Crippen LogP contribution in [0, 0.1) is 5.92 Å². The number of guanidine groups is 1. The molecule has 168 valence electrons. The topological polar surface area (TPSA) is 84.4 Å². The molecule has 0 aromatic heterocycles. The Morgan fingerprint density at radius 2 is 2.03 bits per heavy atom. The van der Waals surface area contributed by atoms with Crippen molar-refractivity contribution >= 4 is 12.1 Å². The highest BCUT2D eigenvalue weighted by Gasteiger charge is 2.34. The molecular weight excluding hydrogens is 372 g/mol. The lowest BCUT2D eigenvalue weighted by Gasteiger charge is -2.27. The molecule has 2 N–H and O–H groups in total. The first-order chi connectivity index (χ1) is 13.9. The average Bonchev–Trinajstić information content (AvgIpc) is 3.34. The molecule has 0 bridgehead atoms. The molecule has 2 fully saturated rings. The zero-order valence-corrected chi connectivity index (χ0v) is 18.7. The normalized spacial score (nSPS) is 19.9. The first-order valence-electron chi connectivity index (χ1n) is 11.1. The first kappa shape index (κ1) is 23.7. The van der Waals surface area contributed by atoms with Gasteiger partial charge in [-0.25, -0.2) is 4.79 Å². The Hall–Kier alpha value is -1.54. The third kappa shape index (κ3) is 10.2. The Morgan fingerprint density at radius 1 is 1.24 bits per heavy atom. The van der Waals surface area contributed by atoms with Gasteiger partial charge < -0.3 is 29.7 Å². The largest absolute Gasteiger partial charge is 0.444 e. The van der Waals surface area contributed by atoms with E-state index in [1.807, 2.05) is 32.6 Å². The van der Waals surface area contributed by atoms with Crippen molar-refractivity contribution < 1.29 is 19.0 Å². The Balaban J connectivity index is 1.65. The van der Waals surface area contributed by atoms with E-state index in [1.54, 1.807) is 0 Å². The zero-order chi connectivity index (χ0) is 21.1. The molecule has 0 aromatic rings. The molecule has 2 rings (SSSR count). The molecule has 1 heterocycles. The van der Waals surface area contributed by atoms with E-state index in [-0.39, 0.29) is 6.09 Å². The minimum absolute atomic E-state index is 0.228. The number of rotatable bonds is 11. The summed E-state index contributed by atoms with van der Waals surface area (Å²) >= 11 is 0. The second kappa shape index (κ2) is 12.2. The van der Waals surface area contributed by atoms with Crippen LogP contribution >= 0.6 is 0 Å². The van der Waals surface area contributed by atoms with E-state index in [0.717, 1.165) is 58.0 Å². The minimum atomic E-state index is -0.471. The van der Waals surface area contributed by atoms with Gasteiger partial charge in [-0.15, -0.1) is 0 Å². The zero-order valence-electron chi connectivity index (χ0n) is 18.7. The van der Waals surface area contributed by atoms with Gasteiger partial charge in [-0.05, 0) is 53.4 Å². The van der Waals surface area contributed by atoms with E-state index < -0.39 is 5.60 Å². The Morgan fingerprint density at radius 3 is 2.66 bits per heavy atom. The van der Waals surface area contributed by atoms with Gasteiger partial charge in [-0.1, -0.05) is 0 Å². The molecule has 1 aliphatic heterocycles. The van der Waals surface area contributed by atoms with Crippen molar-refractivity contribution in [2.75, 3.05) is 52.6 Å². The molecular formula is C21H40N4O4. The van der Waals surface area contributed by atoms with Gasteiger partial charge >= 0.3 is 6.09 Å². The van der Waals surface area contributed by atoms with Crippen molar-refractivity contribution in [3.05, 3.63) is 0 Å². The Kier molecular flexibility index (Phi) is 10.0. The highest BCUT2D eigenvalue weighted by Crippen LogP contribution is 2.28. The predicted molar refractivity (Wildman–Crippen MR) is 114 cm³/mol. The number of nitrogens with one attached hydrogen (secondary N) is 2. The maximum Gasteiger partial charge on any atom is 0.410 e. The number of ether oxygens (including phenoxy) is 3. The molecule has 8 nitrogen and oxygen atoms in total. The van der Waals surface area contributed by atoms with Crippen molar-refractivity contribution in [3.8, 4) is 0 Å². The van der Waals surface area contributed by atoms with Crippen molar-refractivity contribution in [2.24, 2.45) is 10.9 Å². The van der Waals surface area contributed by atoms with E-state index in [2.05, 4.69) is 15.6 Å². The average molecular weight is 413 g/mol. The Bertz CT molecular complexity index is 511. The van der Waals surface area contributed by atoms with Crippen LogP contribution in [0.5, 0.6) is 0 Å². The Labute approximate surface area is 175 Å². The molecule has 0 aromatic carbocycles. The number of aliphatic imine (C=N–C) groups is 1. The lowest BCUT2D eigenvalue weighted by molar-refractivity contribution is 0.0237. The highest BCUT2D eigenvalue weighted by atomic mass is 16.6. The van der Waals surface area contributed by atoms with Crippen LogP contribution < -0.4 is 10.6 Å². The maximum atomic E-state index is 12.4. The standard InChI is InChI=1S/C21H40N4O4/c1-5-22-19(23-10-6-13-27-15-17-9-14-28-16-17)24-11-12-25(18-7-8-18)20(26)29-21(2,3)4/h17-18H,5-16H2,1-4H3,(H2,22,23,24). The number of carbonyl (C=O) groups excluding carboxylic acids is 1. The number of hydrogen-bond donors (Lipinski definition) is 2. The van der Waals surface area contributed by atoms with E-state index in [9.17, 15) is 4.79 Å².